The smallest absolute Gasteiger partial charge is 0.261 e. The van der Waals surface area contributed by atoms with Crippen LogP contribution in [-0.4, -0.2) is 42.9 Å². The number of fused-ring (bicyclic) bond motifs is 1. The van der Waals surface area contributed by atoms with Crippen LogP contribution in [0.1, 0.15) is 54.2 Å². The third-order valence-electron chi connectivity index (χ3n) is 4.88. The molecule has 2 aromatic carbocycles. The lowest BCUT2D eigenvalue weighted by atomic mass is 10.0. The van der Waals surface area contributed by atoms with Gasteiger partial charge in [-0.1, -0.05) is 17.7 Å². The molecule has 6 nitrogen and oxygen atoms in total. The fourth-order valence-electron chi connectivity index (χ4n) is 3.56. The zero-order valence-electron chi connectivity index (χ0n) is 16.6. The average molecular weight is 380 g/mol. The van der Waals surface area contributed by atoms with E-state index in [0.717, 1.165) is 22.4 Å². The summed E-state index contributed by atoms with van der Waals surface area (Å²) in [5.74, 6) is -1.00. The van der Waals surface area contributed by atoms with Gasteiger partial charge in [-0.05, 0) is 56.5 Å². The van der Waals surface area contributed by atoms with Crippen molar-refractivity contribution in [1.82, 2.24) is 4.90 Å². The van der Waals surface area contributed by atoms with Crippen molar-refractivity contribution >= 4 is 23.4 Å². The second-order valence-corrected chi connectivity index (χ2v) is 7.10. The topological polar surface area (TPSA) is 75.7 Å². The van der Waals surface area contributed by atoms with Gasteiger partial charge in [0.1, 0.15) is 0 Å². The van der Waals surface area contributed by atoms with E-state index in [2.05, 4.69) is 5.32 Å². The minimum atomic E-state index is -0.367. The first-order valence-electron chi connectivity index (χ1n) is 9.22. The first kappa shape index (κ1) is 19.8. The number of methoxy groups -OCH3 is 1. The normalized spacial score (nSPS) is 13.1. The number of hydrogen-bond acceptors (Lipinski definition) is 4. The maximum absolute atomic E-state index is 12.7. The molecule has 3 rings (SSSR count). The molecule has 0 unspecified atom stereocenters. The maximum Gasteiger partial charge on any atom is 0.261 e. The summed E-state index contributed by atoms with van der Waals surface area (Å²) in [6, 6.07) is 8.64. The molecule has 1 heterocycles. The SMILES string of the molecule is COCCCN1C(=O)c2ccc(C(=O)Nc3c(C)cc(C)cc3C)cc2C1=O. The Morgan fingerprint density at radius 3 is 2.29 bits per heavy atom. The number of hydrogen-bond donors (Lipinski definition) is 1. The number of anilines is 1. The van der Waals surface area contributed by atoms with Gasteiger partial charge >= 0.3 is 0 Å². The molecule has 0 fully saturated rings. The van der Waals surface area contributed by atoms with E-state index in [-0.39, 0.29) is 23.3 Å². The van der Waals surface area contributed by atoms with E-state index in [0.29, 0.717) is 30.7 Å². The van der Waals surface area contributed by atoms with Crippen molar-refractivity contribution in [3.8, 4) is 0 Å². The minimum Gasteiger partial charge on any atom is -0.385 e. The zero-order chi connectivity index (χ0) is 20.4. The molecule has 0 bridgehead atoms. The molecule has 146 valence electrons. The minimum absolute atomic E-state index is 0.271. The van der Waals surface area contributed by atoms with Crippen molar-refractivity contribution in [2.75, 3.05) is 25.6 Å². The molecule has 0 saturated heterocycles. The summed E-state index contributed by atoms with van der Waals surface area (Å²) in [6.07, 6.45) is 0.571. The van der Waals surface area contributed by atoms with Crippen molar-refractivity contribution in [2.24, 2.45) is 0 Å². The summed E-state index contributed by atoms with van der Waals surface area (Å²) in [5, 5.41) is 2.93. The highest BCUT2D eigenvalue weighted by atomic mass is 16.5. The Morgan fingerprint density at radius 2 is 1.64 bits per heavy atom. The molecule has 0 aliphatic carbocycles. The van der Waals surface area contributed by atoms with Crippen LogP contribution >= 0.6 is 0 Å². The average Bonchev–Trinajstić information content (AvgIpc) is 2.89. The number of nitrogens with zero attached hydrogens (tertiary/aromatic N) is 1. The number of carbonyl (C=O) groups excluding carboxylic acids is 3. The fraction of sp³-hybridized carbons (Fsp3) is 0.318. The van der Waals surface area contributed by atoms with Gasteiger partial charge in [0.25, 0.3) is 17.7 Å². The number of benzene rings is 2. The highest BCUT2D eigenvalue weighted by Gasteiger charge is 2.35. The van der Waals surface area contributed by atoms with Gasteiger partial charge in [0.15, 0.2) is 0 Å². The van der Waals surface area contributed by atoms with E-state index in [1.807, 2.05) is 32.9 Å². The zero-order valence-corrected chi connectivity index (χ0v) is 16.6. The number of amides is 3. The van der Waals surface area contributed by atoms with Gasteiger partial charge in [-0.2, -0.15) is 0 Å². The van der Waals surface area contributed by atoms with Crippen LogP contribution in [0, 0.1) is 20.8 Å². The van der Waals surface area contributed by atoms with Crippen LogP contribution in [0.3, 0.4) is 0 Å². The van der Waals surface area contributed by atoms with Crippen molar-refractivity contribution in [2.45, 2.75) is 27.2 Å². The third kappa shape index (κ3) is 3.68. The Labute approximate surface area is 164 Å². The van der Waals surface area contributed by atoms with Gasteiger partial charge in [-0.25, -0.2) is 0 Å². The van der Waals surface area contributed by atoms with Gasteiger partial charge in [0, 0.05) is 31.5 Å². The van der Waals surface area contributed by atoms with E-state index in [4.69, 9.17) is 4.74 Å². The van der Waals surface area contributed by atoms with Crippen molar-refractivity contribution < 1.29 is 19.1 Å². The number of nitrogens with one attached hydrogen (secondary N) is 1. The molecule has 3 amide bonds. The summed E-state index contributed by atoms with van der Waals surface area (Å²) < 4.78 is 4.98. The van der Waals surface area contributed by atoms with Crippen molar-refractivity contribution in [3.05, 3.63) is 63.7 Å². The van der Waals surface area contributed by atoms with Crippen molar-refractivity contribution in [1.29, 1.82) is 0 Å². The summed E-state index contributed by atoms with van der Waals surface area (Å²) >= 11 is 0. The van der Waals surface area contributed by atoms with Gasteiger partial charge < -0.3 is 10.1 Å². The summed E-state index contributed by atoms with van der Waals surface area (Å²) in [6.45, 7) is 6.66. The second kappa shape index (κ2) is 7.94. The monoisotopic (exact) mass is 380 g/mol. The Kier molecular flexibility index (Phi) is 5.61. The maximum atomic E-state index is 12.7. The van der Waals surface area contributed by atoms with Crippen LogP contribution in [0.25, 0.3) is 0 Å². The van der Waals surface area contributed by atoms with E-state index in [9.17, 15) is 14.4 Å². The van der Waals surface area contributed by atoms with Gasteiger partial charge in [0.05, 0.1) is 11.1 Å². The molecule has 0 radical (unpaired) electrons. The standard InChI is InChI=1S/C22H24N2O4/c1-13-10-14(2)19(15(3)11-13)23-20(25)16-6-7-17-18(12-16)22(27)24(21(17)26)8-5-9-28-4/h6-7,10-12H,5,8-9H2,1-4H3,(H,23,25). The Hall–Kier alpha value is -2.99. The summed E-state index contributed by atoms with van der Waals surface area (Å²) in [4.78, 5) is 39.0. The molecule has 2 aromatic rings. The quantitative estimate of drug-likeness (QED) is 0.615. The number of aryl methyl sites for hydroxylation is 3. The molecular formula is C22H24N2O4. The first-order valence-corrected chi connectivity index (χ1v) is 9.22. The third-order valence-corrected chi connectivity index (χ3v) is 4.88. The molecule has 0 atom stereocenters. The molecule has 6 heteroatoms. The molecule has 28 heavy (non-hydrogen) atoms. The lowest BCUT2D eigenvalue weighted by Gasteiger charge is -2.13. The predicted molar refractivity (Wildman–Crippen MR) is 107 cm³/mol. The Morgan fingerprint density at radius 1 is 1.00 bits per heavy atom. The largest absolute Gasteiger partial charge is 0.385 e. The predicted octanol–water partition coefficient (Wildman–Crippen LogP) is 3.50. The van der Waals surface area contributed by atoms with Gasteiger partial charge in [-0.15, -0.1) is 0 Å². The summed E-state index contributed by atoms with van der Waals surface area (Å²) in [5.41, 5.74) is 4.79. The highest BCUT2D eigenvalue weighted by molar-refractivity contribution is 6.22. The van der Waals surface area contributed by atoms with E-state index in [1.165, 1.54) is 11.0 Å². The molecule has 0 aromatic heterocycles. The molecule has 1 N–H and O–H groups in total. The lowest BCUT2D eigenvalue weighted by molar-refractivity contribution is 0.0638. The highest BCUT2D eigenvalue weighted by Crippen LogP contribution is 2.26. The molecule has 1 aliphatic heterocycles. The summed E-state index contributed by atoms with van der Waals surface area (Å²) in [7, 11) is 1.57. The van der Waals surface area contributed by atoms with Crippen LogP contribution < -0.4 is 5.32 Å². The van der Waals surface area contributed by atoms with E-state index < -0.39 is 0 Å². The number of carbonyl (C=O) groups is 3. The lowest BCUT2D eigenvalue weighted by Crippen LogP contribution is -2.31. The molecule has 0 spiro atoms. The number of imide groups is 1. The molecular weight excluding hydrogens is 356 g/mol. The number of rotatable bonds is 6. The fourth-order valence-corrected chi connectivity index (χ4v) is 3.56. The molecule has 0 saturated carbocycles. The van der Waals surface area contributed by atoms with Crippen LogP contribution in [0.2, 0.25) is 0 Å². The van der Waals surface area contributed by atoms with Gasteiger partial charge in [0.2, 0.25) is 0 Å². The second-order valence-electron chi connectivity index (χ2n) is 7.10. The molecule has 1 aliphatic rings. The van der Waals surface area contributed by atoms with Crippen molar-refractivity contribution in [3.63, 3.8) is 0 Å². The van der Waals surface area contributed by atoms with Crippen LogP contribution in [-0.2, 0) is 4.74 Å². The van der Waals surface area contributed by atoms with E-state index in [1.54, 1.807) is 19.2 Å². The number of ether oxygens (including phenoxy) is 1. The van der Waals surface area contributed by atoms with Crippen LogP contribution in [0.5, 0.6) is 0 Å². The first-order chi connectivity index (χ1) is 13.3. The van der Waals surface area contributed by atoms with Gasteiger partial charge in [-0.3, -0.25) is 19.3 Å². The Bertz CT molecular complexity index is 942. The van der Waals surface area contributed by atoms with Crippen LogP contribution in [0.15, 0.2) is 30.3 Å². The van der Waals surface area contributed by atoms with E-state index >= 15 is 0 Å². The van der Waals surface area contributed by atoms with Crippen LogP contribution in [0.4, 0.5) is 5.69 Å². The Balaban J connectivity index is 1.83.